The molecule has 1 aromatic carbocycles. The molecule has 4 heteroatoms. The van der Waals surface area contributed by atoms with Gasteiger partial charge in [0.2, 0.25) is 0 Å². The zero-order chi connectivity index (χ0) is 12.0. The number of hydrogen-bond acceptors (Lipinski definition) is 2. The van der Waals surface area contributed by atoms with Crippen molar-refractivity contribution in [3.8, 4) is 0 Å². The number of halogens is 2. The molecule has 1 N–H and O–H groups in total. The van der Waals surface area contributed by atoms with Crippen molar-refractivity contribution in [1.82, 2.24) is 4.90 Å². The van der Waals surface area contributed by atoms with Crippen LogP contribution in [0.3, 0.4) is 0 Å². The number of likely N-dealkylation sites (tertiary alicyclic amines) is 1. The number of benzene rings is 1. The molecule has 0 atom stereocenters. The Balaban J connectivity index is 1.59. The molecule has 2 fully saturated rings. The van der Waals surface area contributed by atoms with Crippen molar-refractivity contribution >= 4 is 11.6 Å². The van der Waals surface area contributed by atoms with Crippen molar-refractivity contribution in [1.29, 1.82) is 0 Å². The molecular formula is C13H15ClFNO. The van der Waals surface area contributed by atoms with E-state index in [4.69, 9.17) is 11.6 Å². The van der Waals surface area contributed by atoms with Gasteiger partial charge in [0.1, 0.15) is 5.82 Å². The summed E-state index contributed by atoms with van der Waals surface area (Å²) in [5, 5.41) is 10.3. The first-order valence-electron chi connectivity index (χ1n) is 5.95. The van der Waals surface area contributed by atoms with Crippen LogP contribution in [0.4, 0.5) is 4.39 Å². The standard InChI is InChI=1S/C13H15ClFNO/c14-11-5-9(1-4-12(11)15)6-16-7-13(17,8-16)10-2-3-10/h1,4-5,10,17H,2-3,6-8H2. The minimum Gasteiger partial charge on any atom is -0.387 e. The van der Waals surface area contributed by atoms with Crippen LogP contribution in [0.15, 0.2) is 18.2 Å². The molecule has 17 heavy (non-hydrogen) atoms. The lowest BCUT2D eigenvalue weighted by Gasteiger charge is -2.47. The van der Waals surface area contributed by atoms with Gasteiger partial charge in [-0.3, -0.25) is 4.90 Å². The average molecular weight is 256 g/mol. The highest BCUT2D eigenvalue weighted by Gasteiger charge is 2.51. The Morgan fingerprint density at radius 1 is 1.41 bits per heavy atom. The minimum atomic E-state index is -0.455. The minimum absolute atomic E-state index is 0.167. The van der Waals surface area contributed by atoms with Crippen molar-refractivity contribution in [2.45, 2.75) is 25.0 Å². The van der Waals surface area contributed by atoms with Gasteiger partial charge >= 0.3 is 0 Å². The van der Waals surface area contributed by atoms with Crippen LogP contribution in [0.2, 0.25) is 5.02 Å². The molecule has 0 spiro atoms. The zero-order valence-corrected chi connectivity index (χ0v) is 10.3. The third-order valence-corrected chi connectivity index (χ3v) is 4.01. The number of nitrogens with zero attached hydrogens (tertiary/aromatic N) is 1. The van der Waals surface area contributed by atoms with E-state index in [1.807, 2.05) is 0 Å². The van der Waals surface area contributed by atoms with Gasteiger partial charge in [-0.05, 0) is 36.5 Å². The quantitative estimate of drug-likeness (QED) is 0.897. The first-order valence-corrected chi connectivity index (χ1v) is 6.33. The average Bonchev–Trinajstić information content (AvgIpc) is 3.04. The normalized spacial score (nSPS) is 23.5. The predicted octanol–water partition coefficient (Wildman–Crippen LogP) is 2.44. The van der Waals surface area contributed by atoms with E-state index in [-0.39, 0.29) is 10.8 Å². The van der Waals surface area contributed by atoms with E-state index in [2.05, 4.69) is 4.90 Å². The summed E-state index contributed by atoms with van der Waals surface area (Å²) in [6.45, 7) is 2.19. The fourth-order valence-electron chi connectivity index (χ4n) is 2.61. The van der Waals surface area contributed by atoms with E-state index in [0.717, 1.165) is 38.0 Å². The maximum absolute atomic E-state index is 13.0. The lowest BCUT2D eigenvalue weighted by Crippen LogP contribution is -2.62. The van der Waals surface area contributed by atoms with E-state index < -0.39 is 5.60 Å². The molecule has 0 aromatic heterocycles. The van der Waals surface area contributed by atoms with E-state index in [9.17, 15) is 9.50 Å². The molecule has 1 saturated heterocycles. The van der Waals surface area contributed by atoms with Crippen molar-refractivity contribution in [3.63, 3.8) is 0 Å². The molecule has 1 aromatic rings. The van der Waals surface area contributed by atoms with Crippen LogP contribution >= 0.6 is 11.6 Å². The molecule has 0 bridgehead atoms. The maximum Gasteiger partial charge on any atom is 0.141 e. The lowest BCUT2D eigenvalue weighted by atomic mass is 9.88. The summed E-state index contributed by atoms with van der Waals surface area (Å²) in [5.41, 5.74) is 0.540. The molecule has 0 amide bonds. The Hall–Kier alpha value is -0.640. The molecule has 2 aliphatic rings. The van der Waals surface area contributed by atoms with Crippen LogP contribution in [0.25, 0.3) is 0 Å². The molecule has 0 unspecified atom stereocenters. The van der Waals surface area contributed by atoms with Gasteiger partial charge in [0.25, 0.3) is 0 Å². The molecule has 1 aliphatic heterocycles. The van der Waals surface area contributed by atoms with Crippen molar-refractivity contribution in [3.05, 3.63) is 34.6 Å². The summed E-state index contributed by atoms with van der Waals surface area (Å²) in [6, 6.07) is 4.80. The van der Waals surface area contributed by atoms with Crippen LogP contribution in [-0.4, -0.2) is 28.7 Å². The molecule has 3 rings (SSSR count). The number of rotatable bonds is 3. The fraction of sp³-hybridized carbons (Fsp3) is 0.538. The Kier molecular flexibility index (Phi) is 2.65. The summed E-state index contributed by atoms with van der Waals surface area (Å²) in [6.07, 6.45) is 2.32. The second kappa shape index (κ2) is 3.94. The Bertz CT molecular complexity index is 441. The van der Waals surface area contributed by atoms with Gasteiger partial charge in [0.05, 0.1) is 10.6 Å². The number of hydrogen-bond donors (Lipinski definition) is 1. The van der Waals surface area contributed by atoms with Gasteiger partial charge in [0, 0.05) is 19.6 Å². The molecule has 1 heterocycles. The molecule has 1 saturated carbocycles. The van der Waals surface area contributed by atoms with Gasteiger partial charge in [-0.15, -0.1) is 0 Å². The zero-order valence-electron chi connectivity index (χ0n) is 9.50. The van der Waals surface area contributed by atoms with Crippen LogP contribution in [0.5, 0.6) is 0 Å². The highest BCUT2D eigenvalue weighted by molar-refractivity contribution is 6.30. The number of aliphatic hydroxyl groups is 1. The largest absolute Gasteiger partial charge is 0.387 e. The molecule has 92 valence electrons. The first kappa shape index (κ1) is 11.5. The highest BCUT2D eigenvalue weighted by Crippen LogP contribution is 2.44. The summed E-state index contributed by atoms with van der Waals surface area (Å²) in [7, 11) is 0. The van der Waals surface area contributed by atoms with Gasteiger partial charge in [-0.2, -0.15) is 0 Å². The second-order valence-electron chi connectivity index (χ2n) is 5.27. The van der Waals surface area contributed by atoms with Crippen LogP contribution in [0.1, 0.15) is 18.4 Å². The molecular weight excluding hydrogens is 241 g/mol. The molecule has 2 nitrogen and oxygen atoms in total. The smallest absolute Gasteiger partial charge is 0.141 e. The van der Waals surface area contributed by atoms with Crippen LogP contribution in [0, 0.1) is 11.7 Å². The van der Waals surface area contributed by atoms with E-state index in [0.29, 0.717) is 5.92 Å². The fourth-order valence-corrected chi connectivity index (χ4v) is 2.82. The first-order chi connectivity index (χ1) is 8.07. The van der Waals surface area contributed by atoms with Crippen molar-refractivity contribution in [2.24, 2.45) is 5.92 Å². The van der Waals surface area contributed by atoms with Gasteiger partial charge in [-0.1, -0.05) is 17.7 Å². The summed E-state index contributed by atoms with van der Waals surface area (Å²) in [4.78, 5) is 2.17. The number of β-amino-alcohol motifs (C(OH)–C–C–N with tert-alkyl or cyclic N) is 1. The third-order valence-electron chi connectivity index (χ3n) is 3.72. The summed E-state index contributed by atoms with van der Waals surface area (Å²) < 4.78 is 13.0. The van der Waals surface area contributed by atoms with E-state index in [1.54, 1.807) is 12.1 Å². The topological polar surface area (TPSA) is 23.5 Å². The van der Waals surface area contributed by atoms with Crippen molar-refractivity contribution in [2.75, 3.05) is 13.1 Å². The van der Waals surface area contributed by atoms with E-state index in [1.165, 1.54) is 6.07 Å². The van der Waals surface area contributed by atoms with Crippen LogP contribution in [-0.2, 0) is 6.54 Å². The maximum atomic E-state index is 13.0. The third kappa shape index (κ3) is 2.19. The lowest BCUT2D eigenvalue weighted by molar-refractivity contribution is -0.116. The monoisotopic (exact) mass is 255 g/mol. The Labute approximate surface area is 105 Å². The summed E-state index contributed by atoms with van der Waals surface area (Å²) >= 11 is 5.73. The van der Waals surface area contributed by atoms with E-state index >= 15 is 0 Å². The summed E-state index contributed by atoms with van der Waals surface area (Å²) in [5.74, 6) is 0.129. The van der Waals surface area contributed by atoms with Crippen molar-refractivity contribution < 1.29 is 9.50 Å². The Morgan fingerprint density at radius 2 is 2.12 bits per heavy atom. The molecule has 0 radical (unpaired) electrons. The second-order valence-corrected chi connectivity index (χ2v) is 5.68. The molecule has 1 aliphatic carbocycles. The van der Waals surface area contributed by atoms with Gasteiger partial charge < -0.3 is 5.11 Å². The van der Waals surface area contributed by atoms with Gasteiger partial charge in [0.15, 0.2) is 0 Å². The predicted molar refractivity (Wildman–Crippen MR) is 64.4 cm³/mol. The van der Waals surface area contributed by atoms with Crippen LogP contribution < -0.4 is 0 Å². The van der Waals surface area contributed by atoms with Gasteiger partial charge in [-0.25, -0.2) is 4.39 Å². The SMILES string of the molecule is OC1(C2CC2)CN(Cc2ccc(F)c(Cl)c2)C1. The Morgan fingerprint density at radius 3 is 2.71 bits per heavy atom. The highest BCUT2D eigenvalue weighted by atomic mass is 35.5.